The second-order valence-corrected chi connectivity index (χ2v) is 3.49. The highest BCUT2D eigenvalue weighted by atomic mass is 16.7. The third-order valence-corrected chi connectivity index (χ3v) is 2.19. The number of hydrogen-bond donors (Lipinski definition) is 0. The van der Waals surface area contributed by atoms with Gasteiger partial charge in [0.1, 0.15) is 0 Å². The van der Waals surface area contributed by atoms with Gasteiger partial charge in [0.15, 0.2) is 5.79 Å². The maximum Gasteiger partial charge on any atom is 0.168 e. The van der Waals surface area contributed by atoms with Crippen molar-refractivity contribution in [3.8, 4) is 0 Å². The van der Waals surface area contributed by atoms with E-state index in [1.807, 2.05) is 0 Å². The van der Waals surface area contributed by atoms with E-state index in [1.165, 1.54) is 12.8 Å². The summed E-state index contributed by atoms with van der Waals surface area (Å²) >= 11 is 0. The van der Waals surface area contributed by atoms with Crippen LogP contribution in [-0.2, 0) is 9.47 Å². The van der Waals surface area contributed by atoms with Crippen LogP contribution in [0.2, 0.25) is 0 Å². The summed E-state index contributed by atoms with van der Waals surface area (Å²) in [6.07, 6.45) is 4.86. The molecule has 0 unspecified atom stereocenters. The molecule has 0 amide bonds. The Morgan fingerprint density at radius 1 is 1.18 bits per heavy atom. The summed E-state index contributed by atoms with van der Waals surface area (Å²) in [5.74, 6) is -0.242. The lowest BCUT2D eigenvalue weighted by Gasteiger charge is -2.29. The van der Waals surface area contributed by atoms with Gasteiger partial charge in [0.2, 0.25) is 0 Å². The maximum atomic E-state index is 5.73. The predicted molar refractivity (Wildman–Crippen MR) is 44.4 cm³/mol. The smallest absolute Gasteiger partial charge is 0.168 e. The third-order valence-electron chi connectivity index (χ3n) is 2.19. The van der Waals surface area contributed by atoms with E-state index >= 15 is 0 Å². The summed E-state index contributed by atoms with van der Waals surface area (Å²) in [7, 11) is 1.74. The van der Waals surface area contributed by atoms with Crippen LogP contribution in [0.25, 0.3) is 0 Å². The maximum absolute atomic E-state index is 5.73. The highest BCUT2D eigenvalue weighted by Gasteiger charge is 2.35. The predicted octanol–water partition coefficient (Wildman–Crippen LogP) is 2.33. The van der Waals surface area contributed by atoms with E-state index in [2.05, 4.69) is 13.8 Å². The molecule has 0 bridgehead atoms. The first kappa shape index (κ1) is 9.01. The zero-order valence-electron chi connectivity index (χ0n) is 7.72. The summed E-state index contributed by atoms with van der Waals surface area (Å²) in [4.78, 5) is 0. The summed E-state index contributed by atoms with van der Waals surface area (Å²) in [6, 6.07) is 0. The van der Waals surface area contributed by atoms with Crippen LogP contribution >= 0.6 is 0 Å². The molecule has 1 fully saturated rings. The molecule has 2 nitrogen and oxygen atoms in total. The summed E-state index contributed by atoms with van der Waals surface area (Å²) < 4.78 is 11.1. The minimum Gasteiger partial charge on any atom is -0.353 e. The molecular formula is C9H18O2. The van der Waals surface area contributed by atoms with Gasteiger partial charge in [0, 0.05) is 20.0 Å². The first-order valence-corrected chi connectivity index (χ1v) is 4.41. The van der Waals surface area contributed by atoms with E-state index in [0.29, 0.717) is 0 Å². The molecule has 11 heavy (non-hydrogen) atoms. The van der Waals surface area contributed by atoms with E-state index in [4.69, 9.17) is 9.47 Å². The fourth-order valence-corrected chi connectivity index (χ4v) is 1.71. The molecule has 2 heteroatoms. The van der Waals surface area contributed by atoms with Crippen molar-refractivity contribution in [2.75, 3.05) is 7.11 Å². The molecule has 1 aliphatic carbocycles. The van der Waals surface area contributed by atoms with Gasteiger partial charge in [-0.15, -0.1) is 0 Å². The fraction of sp³-hybridized carbons (Fsp3) is 1.00. The van der Waals surface area contributed by atoms with Crippen molar-refractivity contribution < 1.29 is 9.47 Å². The van der Waals surface area contributed by atoms with Crippen LogP contribution in [0.1, 0.15) is 39.5 Å². The van der Waals surface area contributed by atoms with Crippen molar-refractivity contribution in [1.82, 2.24) is 0 Å². The summed E-state index contributed by atoms with van der Waals surface area (Å²) in [5.41, 5.74) is 0. The average molecular weight is 158 g/mol. The Kier molecular flexibility index (Phi) is 2.90. The van der Waals surface area contributed by atoms with E-state index in [-0.39, 0.29) is 11.9 Å². The van der Waals surface area contributed by atoms with Crippen LogP contribution in [0, 0.1) is 0 Å². The van der Waals surface area contributed by atoms with Gasteiger partial charge in [-0.2, -0.15) is 0 Å². The number of methoxy groups -OCH3 is 1. The molecule has 0 aromatic carbocycles. The normalized spacial score (nSPS) is 22.9. The highest BCUT2D eigenvalue weighted by molar-refractivity contribution is 4.77. The molecule has 0 N–H and O–H groups in total. The first-order chi connectivity index (χ1) is 5.18. The number of hydrogen-bond acceptors (Lipinski definition) is 2. The van der Waals surface area contributed by atoms with Gasteiger partial charge in [-0.25, -0.2) is 0 Å². The largest absolute Gasteiger partial charge is 0.353 e. The lowest BCUT2D eigenvalue weighted by molar-refractivity contribution is -0.235. The van der Waals surface area contributed by atoms with Crippen LogP contribution in [0.3, 0.4) is 0 Å². The summed E-state index contributed by atoms with van der Waals surface area (Å²) in [5, 5.41) is 0. The molecule has 0 aromatic rings. The Balaban J connectivity index is 2.45. The molecule has 0 radical (unpaired) electrons. The van der Waals surface area contributed by atoms with E-state index in [9.17, 15) is 0 Å². The lowest BCUT2D eigenvalue weighted by Crippen LogP contribution is -2.33. The van der Waals surface area contributed by atoms with Gasteiger partial charge in [-0.1, -0.05) is 0 Å². The Morgan fingerprint density at radius 2 is 1.73 bits per heavy atom. The van der Waals surface area contributed by atoms with Gasteiger partial charge in [0.25, 0.3) is 0 Å². The lowest BCUT2D eigenvalue weighted by atomic mass is 10.2. The molecule has 1 aliphatic rings. The first-order valence-electron chi connectivity index (χ1n) is 4.41. The van der Waals surface area contributed by atoms with Gasteiger partial charge < -0.3 is 9.47 Å². The monoisotopic (exact) mass is 158 g/mol. The average Bonchev–Trinajstić information content (AvgIpc) is 2.36. The van der Waals surface area contributed by atoms with Crippen LogP contribution in [-0.4, -0.2) is 19.0 Å². The van der Waals surface area contributed by atoms with Crippen molar-refractivity contribution >= 4 is 0 Å². The SMILES string of the molecule is COC1(OC(C)C)CCCC1. The second kappa shape index (κ2) is 3.55. The van der Waals surface area contributed by atoms with Crippen LogP contribution in [0.15, 0.2) is 0 Å². The third kappa shape index (κ3) is 2.17. The Hall–Kier alpha value is -0.0800. The van der Waals surface area contributed by atoms with Crippen molar-refractivity contribution in [3.05, 3.63) is 0 Å². The van der Waals surface area contributed by atoms with Crippen LogP contribution in [0.5, 0.6) is 0 Å². The van der Waals surface area contributed by atoms with Crippen molar-refractivity contribution in [2.45, 2.75) is 51.4 Å². The van der Waals surface area contributed by atoms with Crippen molar-refractivity contribution in [2.24, 2.45) is 0 Å². The van der Waals surface area contributed by atoms with Gasteiger partial charge >= 0.3 is 0 Å². The molecule has 0 atom stereocenters. The zero-order chi connectivity index (χ0) is 8.32. The molecule has 0 heterocycles. The molecular weight excluding hydrogens is 140 g/mol. The molecule has 66 valence electrons. The quantitative estimate of drug-likeness (QED) is 0.587. The molecule has 0 aliphatic heterocycles. The Bertz CT molecular complexity index is 115. The molecule has 1 rings (SSSR count). The van der Waals surface area contributed by atoms with Crippen molar-refractivity contribution in [3.63, 3.8) is 0 Å². The van der Waals surface area contributed by atoms with Crippen LogP contribution < -0.4 is 0 Å². The van der Waals surface area contributed by atoms with E-state index in [0.717, 1.165) is 12.8 Å². The zero-order valence-corrected chi connectivity index (χ0v) is 7.72. The van der Waals surface area contributed by atoms with E-state index in [1.54, 1.807) is 7.11 Å². The second-order valence-electron chi connectivity index (χ2n) is 3.49. The molecule has 1 saturated carbocycles. The standard InChI is InChI=1S/C9H18O2/c1-8(2)11-9(10-3)6-4-5-7-9/h8H,4-7H2,1-3H3. The minimum atomic E-state index is -0.242. The highest BCUT2D eigenvalue weighted by Crippen LogP contribution is 2.34. The Morgan fingerprint density at radius 3 is 2.09 bits per heavy atom. The minimum absolute atomic E-state index is 0.242. The van der Waals surface area contributed by atoms with E-state index < -0.39 is 0 Å². The number of rotatable bonds is 3. The topological polar surface area (TPSA) is 18.5 Å². The fourth-order valence-electron chi connectivity index (χ4n) is 1.71. The van der Waals surface area contributed by atoms with Gasteiger partial charge in [0.05, 0.1) is 6.10 Å². The van der Waals surface area contributed by atoms with Gasteiger partial charge in [-0.3, -0.25) is 0 Å². The molecule has 0 saturated heterocycles. The van der Waals surface area contributed by atoms with Crippen LogP contribution in [0.4, 0.5) is 0 Å². The summed E-state index contributed by atoms with van der Waals surface area (Å²) in [6.45, 7) is 4.11. The molecule has 0 aromatic heterocycles. The number of ether oxygens (including phenoxy) is 2. The Labute approximate surface area is 68.9 Å². The van der Waals surface area contributed by atoms with Crippen molar-refractivity contribution in [1.29, 1.82) is 0 Å². The van der Waals surface area contributed by atoms with Gasteiger partial charge in [-0.05, 0) is 26.7 Å². The molecule has 0 spiro atoms.